The Bertz CT molecular complexity index is 1360. The van der Waals surface area contributed by atoms with Gasteiger partial charge in [-0.3, -0.25) is 9.59 Å². The number of para-hydroxylation sites is 1. The molecule has 0 unspecified atom stereocenters. The summed E-state index contributed by atoms with van der Waals surface area (Å²) in [5.74, 6) is 2.24. The number of hydrogen-bond acceptors (Lipinski definition) is 7. The lowest BCUT2D eigenvalue weighted by Crippen LogP contribution is -2.35. The highest BCUT2D eigenvalue weighted by Gasteiger charge is 2.41. The number of amides is 2. The molecule has 6 rings (SSSR count). The maximum Gasteiger partial charge on any atom is 0.254 e. The molecule has 9 heteroatoms. The van der Waals surface area contributed by atoms with Crippen molar-refractivity contribution in [2.24, 2.45) is 5.92 Å². The van der Waals surface area contributed by atoms with E-state index in [4.69, 9.17) is 23.7 Å². The predicted molar refractivity (Wildman–Crippen MR) is 132 cm³/mol. The van der Waals surface area contributed by atoms with Crippen LogP contribution in [0.4, 0.5) is 0 Å². The SMILES string of the molecule is COc1ccccc1[C@@H]1CN(C(=O)c2ccc3c(c2)OCO3)C[C@H]1C(=O)NCc1ccc2c(c1)OCO2. The molecule has 0 bridgehead atoms. The predicted octanol–water partition coefficient (Wildman–Crippen LogP) is 3.32. The van der Waals surface area contributed by atoms with Crippen molar-refractivity contribution < 1.29 is 33.3 Å². The van der Waals surface area contributed by atoms with Gasteiger partial charge in [0.1, 0.15) is 5.75 Å². The summed E-state index contributed by atoms with van der Waals surface area (Å²) in [7, 11) is 1.61. The molecule has 37 heavy (non-hydrogen) atoms. The topological polar surface area (TPSA) is 95.6 Å². The van der Waals surface area contributed by atoms with Gasteiger partial charge in [-0.25, -0.2) is 0 Å². The Labute approximate surface area is 213 Å². The fourth-order valence-electron chi connectivity index (χ4n) is 5.11. The normalized spacial score (nSPS) is 19.1. The minimum absolute atomic E-state index is 0.130. The Morgan fingerprint density at radius 3 is 2.38 bits per heavy atom. The third-order valence-corrected chi connectivity index (χ3v) is 7.01. The molecule has 3 heterocycles. The fourth-order valence-corrected chi connectivity index (χ4v) is 5.11. The number of hydrogen-bond donors (Lipinski definition) is 1. The van der Waals surface area contributed by atoms with Crippen LogP contribution >= 0.6 is 0 Å². The van der Waals surface area contributed by atoms with Crippen LogP contribution in [0.2, 0.25) is 0 Å². The summed E-state index contributed by atoms with van der Waals surface area (Å²) in [6.45, 7) is 1.33. The zero-order valence-corrected chi connectivity index (χ0v) is 20.3. The van der Waals surface area contributed by atoms with Crippen molar-refractivity contribution in [1.29, 1.82) is 0 Å². The van der Waals surface area contributed by atoms with Crippen LogP contribution in [-0.2, 0) is 11.3 Å². The van der Waals surface area contributed by atoms with E-state index in [1.807, 2.05) is 42.5 Å². The van der Waals surface area contributed by atoms with E-state index >= 15 is 0 Å². The van der Waals surface area contributed by atoms with Gasteiger partial charge in [0.15, 0.2) is 23.0 Å². The summed E-state index contributed by atoms with van der Waals surface area (Å²) >= 11 is 0. The second-order valence-electron chi connectivity index (χ2n) is 9.14. The Kier molecular flexibility index (Phi) is 5.96. The highest BCUT2D eigenvalue weighted by Crippen LogP contribution is 2.39. The molecule has 0 radical (unpaired) electrons. The number of ether oxygens (including phenoxy) is 5. The molecule has 190 valence electrons. The molecular weight excluding hydrogens is 476 g/mol. The van der Waals surface area contributed by atoms with E-state index in [1.165, 1.54) is 0 Å². The number of nitrogens with one attached hydrogen (secondary N) is 1. The molecule has 1 N–H and O–H groups in total. The molecule has 0 aromatic heterocycles. The van der Waals surface area contributed by atoms with Crippen molar-refractivity contribution in [3.8, 4) is 28.7 Å². The van der Waals surface area contributed by atoms with Gasteiger partial charge in [-0.1, -0.05) is 24.3 Å². The van der Waals surface area contributed by atoms with Gasteiger partial charge in [0.2, 0.25) is 19.5 Å². The van der Waals surface area contributed by atoms with Gasteiger partial charge < -0.3 is 33.9 Å². The summed E-state index contributed by atoms with van der Waals surface area (Å²) in [6.07, 6.45) is 0. The largest absolute Gasteiger partial charge is 0.496 e. The van der Waals surface area contributed by atoms with E-state index in [2.05, 4.69) is 5.32 Å². The summed E-state index contributed by atoms with van der Waals surface area (Å²) < 4.78 is 27.2. The summed E-state index contributed by atoms with van der Waals surface area (Å²) in [4.78, 5) is 28.7. The maximum absolute atomic E-state index is 13.5. The van der Waals surface area contributed by atoms with E-state index in [-0.39, 0.29) is 37.9 Å². The van der Waals surface area contributed by atoms with Crippen LogP contribution in [-0.4, -0.2) is 50.5 Å². The first kappa shape index (κ1) is 23.0. The van der Waals surface area contributed by atoms with E-state index in [9.17, 15) is 9.59 Å². The molecule has 1 fully saturated rings. The number of carbonyl (C=O) groups is 2. The van der Waals surface area contributed by atoms with Gasteiger partial charge in [0, 0.05) is 31.1 Å². The molecular formula is C28H26N2O7. The van der Waals surface area contributed by atoms with Crippen LogP contribution in [0.3, 0.4) is 0 Å². The third kappa shape index (κ3) is 4.37. The van der Waals surface area contributed by atoms with Gasteiger partial charge in [-0.2, -0.15) is 0 Å². The van der Waals surface area contributed by atoms with Gasteiger partial charge >= 0.3 is 0 Å². The average molecular weight is 503 g/mol. The summed E-state index contributed by atoms with van der Waals surface area (Å²) in [5, 5.41) is 3.05. The first-order chi connectivity index (χ1) is 18.1. The molecule has 1 saturated heterocycles. The van der Waals surface area contributed by atoms with Crippen molar-refractivity contribution in [1.82, 2.24) is 10.2 Å². The number of rotatable bonds is 6. The zero-order chi connectivity index (χ0) is 25.4. The van der Waals surface area contributed by atoms with E-state index < -0.39 is 5.92 Å². The Morgan fingerprint density at radius 2 is 1.59 bits per heavy atom. The maximum atomic E-state index is 13.5. The molecule has 9 nitrogen and oxygen atoms in total. The van der Waals surface area contributed by atoms with E-state index in [0.29, 0.717) is 47.4 Å². The second kappa shape index (κ2) is 9.57. The monoisotopic (exact) mass is 502 g/mol. The van der Waals surface area contributed by atoms with Crippen LogP contribution < -0.4 is 29.0 Å². The van der Waals surface area contributed by atoms with Crippen LogP contribution in [0.5, 0.6) is 28.7 Å². The van der Waals surface area contributed by atoms with Crippen LogP contribution in [0, 0.1) is 5.92 Å². The molecule has 3 aliphatic heterocycles. The highest BCUT2D eigenvalue weighted by atomic mass is 16.7. The zero-order valence-electron chi connectivity index (χ0n) is 20.3. The van der Waals surface area contributed by atoms with E-state index in [1.54, 1.807) is 30.2 Å². The third-order valence-electron chi connectivity index (χ3n) is 7.01. The molecule has 0 saturated carbocycles. The lowest BCUT2D eigenvalue weighted by atomic mass is 9.87. The fraction of sp³-hybridized carbons (Fsp3) is 0.286. The van der Waals surface area contributed by atoms with Crippen molar-refractivity contribution >= 4 is 11.8 Å². The number of nitrogens with zero attached hydrogens (tertiary/aromatic N) is 1. The van der Waals surface area contributed by atoms with Crippen LogP contribution in [0.25, 0.3) is 0 Å². The molecule has 0 spiro atoms. The summed E-state index contributed by atoms with van der Waals surface area (Å²) in [5.41, 5.74) is 2.29. The van der Waals surface area contributed by atoms with Crippen molar-refractivity contribution in [3.63, 3.8) is 0 Å². The molecule has 3 aliphatic rings. The van der Waals surface area contributed by atoms with Gasteiger partial charge in [0.05, 0.1) is 13.0 Å². The van der Waals surface area contributed by atoms with Gasteiger partial charge in [0.25, 0.3) is 5.91 Å². The van der Waals surface area contributed by atoms with Crippen molar-refractivity contribution in [2.45, 2.75) is 12.5 Å². The Hall–Kier alpha value is -4.40. The van der Waals surface area contributed by atoms with Crippen molar-refractivity contribution in [2.75, 3.05) is 33.8 Å². The minimum atomic E-state index is -0.455. The number of likely N-dealkylation sites (tertiary alicyclic amines) is 1. The Balaban J connectivity index is 1.23. The average Bonchev–Trinajstić information content (AvgIpc) is 3.70. The quantitative estimate of drug-likeness (QED) is 0.553. The number of methoxy groups -OCH3 is 1. The molecule has 3 aromatic carbocycles. The number of carbonyl (C=O) groups excluding carboxylic acids is 2. The highest BCUT2D eigenvalue weighted by molar-refractivity contribution is 5.96. The lowest BCUT2D eigenvalue weighted by Gasteiger charge is -2.20. The second-order valence-corrected chi connectivity index (χ2v) is 9.14. The van der Waals surface area contributed by atoms with Crippen molar-refractivity contribution in [3.05, 3.63) is 77.4 Å². The van der Waals surface area contributed by atoms with E-state index in [0.717, 1.165) is 11.1 Å². The number of fused-ring (bicyclic) bond motifs is 2. The first-order valence-corrected chi connectivity index (χ1v) is 12.1. The molecule has 2 atom stereocenters. The minimum Gasteiger partial charge on any atom is -0.496 e. The number of benzene rings is 3. The standard InChI is InChI=1S/C28H26N2O7/c1-33-22-5-3-2-4-19(22)20-13-30(28(32)18-7-9-24-26(11-18)37-16-35-24)14-21(20)27(31)29-12-17-6-8-23-25(10-17)36-15-34-23/h2-11,20-21H,12-16H2,1H3,(H,29,31)/t20-,21+/m0/s1. The lowest BCUT2D eigenvalue weighted by molar-refractivity contribution is -0.125. The first-order valence-electron chi connectivity index (χ1n) is 12.1. The van der Waals surface area contributed by atoms with Gasteiger partial charge in [-0.05, 0) is 47.5 Å². The molecule has 0 aliphatic carbocycles. The Morgan fingerprint density at radius 1 is 0.892 bits per heavy atom. The molecule has 3 aromatic rings. The van der Waals surface area contributed by atoms with Crippen LogP contribution in [0.15, 0.2) is 60.7 Å². The van der Waals surface area contributed by atoms with Gasteiger partial charge in [-0.15, -0.1) is 0 Å². The molecule has 2 amide bonds. The smallest absolute Gasteiger partial charge is 0.254 e. The van der Waals surface area contributed by atoms with Crippen LogP contribution in [0.1, 0.15) is 27.4 Å². The summed E-state index contributed by atoms with van der Waals surface area (Å²) in [6, 6.07) is 18.4.